The van der Waals surface area contributed by atoms with E-state index >= 15 is 0 Å². The summed E-state index contributed by atoms with van der Waals surface area (Å²) in [5, 5.41) is 0. The van der Waals surface area contributed by atoms with E-state index in [9.17, 15) is 4.79 Å². The van der Waals surface area contributed by atoms with E-state index in [-0.39, 0.29) is 6.09 Å². The number of cyclic esters (lactones) is 1. The average molecular weight is 155 g/mol. The Labute approximate surface area is 66.6 Å². The third-order valence-corrected chi connectivity index (χ3v) is 1.65. The molecule has 3 nitrogen and oxygen atoms in total. The first-order chi connectivity index (χ1) is 5.20. The van der Waals surface area contributed by atoms with Gasteiger partial charge in [-0.1, -0.05) is 5.57 Å². The van der Waals surface area contributed by atoms with Crippen LogP contribution in [0.1, 0.15) is 13.3 Å². The Hall–Kier alpha value is -0.990. The molecular formula is C8H13NO2. The fourth-order valence-corrected chi connectivity index (χ4v) is 0.955. The Morgan fingerprint density at radius 1 is 1.82 bits per heavy atom. The summed E-state index contributed by atoms with van der Waals surface area (Å²) in [6.45, 7) is 7.73. The highest BCUT2D eigenvalue weighted by atomic mass is 16.6. The van der Waals surface area contributed by atoms with Crippen LogP contribution in [0.5, 0.6) is 0 Å². The second-order valence-electron chi connectivity index (χ2n) is 2.81. The smallest absolute Gasteiger partial charge is 0.409 e. The van der Waals surface area contributed by atoms with E-state index in [0.29, 0.717) is 6.61 Å². The molecule has 1 aliphatic rings. The van der Waals surface area contributed by atoms with Crippen LogP contribution in [0.2, 0.25) is 0 Å². The van der Waals surface area contributed by atoms with Gasteiger partial charge in [0, 0.05) is 6.54 Å². The van der Waals surface area contributed by atoms with Gasteiger partial charge in [0.2, 0.25) is 0 Å². The number of carbonyl (C=O) groups is 1. The van der Waals surface area contributed by atoms with Crippen molar-refractivity contribution in [2.24, 2.45) is 0 Å². The third-order valence-electron chi connectivity index (χ3n) is 1.65. The zero-order valence-electron chi connectivity index (χ0n) is 6.80. The number of ether oxygens (including phenoxy) is 1. The van der Waals surface area contributed by atoms with Crippen LogP contribution in [0.3, 0.4) is 0 Å². The highest BCUT2D eigenvalue weighted by Crippen LogP contribution is 2.06. The van der Waals surface area contributed by atoms with Crippen LogP contribution >= 0.6 is 0 Å². The van der Waals surface area contributed by atoms with Gasteiger partial charge in [0.1, 0.15) is 6.61 Å². The molecule has 1 saturated heterocycles. The Balaban J connectivity index is 2.26. The maximum absolute atomic E-state index is 10.9. The Kier molecular flexibility index (Phi) is 2.52. The molecule has 1 rings (SSSR count). The fraction of sp³-hybridized carbons (Fsp3) is 0.625. The zero-order chi connectivity index (χ0) is 8.27. The van der Waals surface area contributed by atoms with Crippen LogP contribution in [0.25, 0.3) is 0 Å². The molecule has 1 fully saturated rings. The largest absolute Gasteiger partial charge is 0.448 e. The van der Waals surface area contributed by atoms with Crippen molar-refractivity contribution in [2.75, 3.05) is 19.7 Å². The molecule has 0 saturated carbocycles. The summed E-state index contributed by atoms with van der Waals surface area (Å²) >= 11 is 0. The maximum atomic E-state index is 10.9. The molecule has 1 aliphatic heterocycles. The highest BCUT2D eigenvalue weighted by Gasteiger charge is 2.20. The Bertz CT molecular complexity index is 177. The number of carbonyl (C=O) groups excluding carboxylic acids is 1. The molecule has 0 aromatic heterocycles. The van der Waals surface area contributed by atoms with E-state index in [1.165, 1.54) is 0 Å². The molecule has 1 heterocycles. The van der Waals surface area contributed by atoms with Crippen LogP contribution in [-0.4, -0.2) is 30.7 Å². The lowest BCUT2D eigenvalue weighted by Crippen LogP contribution is -2.25. The van der Waals surface area contributed by atoms with Crippen molar-refractivity contribution in [3.63, 3.8) is 0 Å². The number of rotatable bonds is 3. The lowest BCUT2D eigenvalue weighted by atomic mass is 10.2. The quantitative estimate of drug-likeness (QED) is 0.576. The summed E-state index contributed by atoms with van der Waals surface area (Å²) < 4.78 is 4.76. The molecule has 3 heteroatoms. The van der Waals surface area contributed by atoms with Crippen LogP contribution in [0.4, 0.5) is 4.79 Å². The van der Waals surface area contributed by atoms with Crippen molar-refractivity contribution in [2.45, 2.75) is 13.3 Å². The van der Waals surface area contributed by atoms with Crippen molar-refractivity contribution in [3.05, 3.63) is 12.2 Å². The van der Waals surface area contributed by atoms with E-state index in [4.69, 9.17) is 4.74 Å². The summed E-state index contributed by atoms with van der Waals surface area (Å²) in [5.74, 6) is 0. The summed E-state index contributed by atoms with van der Waals surface area (Å²) in [5.41, 5.74) is 1.10. The van der Waals surface area contributed by atoms with Gasteiger partial charge in [0.25, 0.3) is 0 Å². The predicted molar refractivity (Wildman–Crippen MR) is 42.4 cm³/mol. The van der Waals surface area contributed by atoms with Gasteiger partial charge in [0.05, 0.1) is 6.54 Å². The second kappa shape index (κ2) is 3.42. The van der Waals surface area contributed by atoms with E-state index in [2.05, 4.69) is 6.58 Å². The first-order valence-corrected chi connectivity index (χ1v) is 3.76. The van der Waals surface area contributed by atoms with Crippen LogP contribution in [-0.2, 0) is 4.74 Å². The minimum atomic E-state index is -0.189. The van der Waals surface area contributed by atoms with E-state index in [0.717, 1.165) is 25.1 Å². The number of hydrogen-bond donors (Lipinski definition) is 0. The average Bonchev–Trinajstić information content (AvgIpc) is 2.31. The summed E-state index contributed by atoms with van der Waals surface area (Å²) in [7, 11) is 0. The van der Waals surface area contributed by atoms with Gasteiger partial charge in [-0.05, 0) is 13.3 Å². The number of amides is 1. The van der Waals surface area contributed by atoms with Gasteiger partial charge in [0.15, 0.2) is 0 Å². The van der Waals surface area contributed by atoms with Gasteiger partial charge in [-0.2, -0.15) is 0 Å². The first kappa shape index (κ1) is 8.11. The maximum Gasteiger partial charge on any atom is 0.409 e. The molecular weight excluding hydrogens is 142 g/mol. The van der Waals surface area contributed by atoms with E-state index < -0.39 is 0 Å². The van der Waals surface area contributed by atoms with Crippen molar-refractivity contribution in [3.8, 4) is 0 Å². The van der Waals surface area contributed by atoms with Crippen molar-refractivity contribution in [1.29, 1.82) is 0 Å². The lowest BCUT2D eigenvalue weighted by molar-refractivity contribution is 0.159. The summed E-state index contributed by atoms with van der Waals surface area (Å²) in [6.07, 6.45) is 0.681. The van der Waals surface area contributed by atoms with Crippen molar-refractivity contribution in [1.82, 2.24) is 4.90 Å². The number of hydrogen-bond acceptors (Lipinski definition) is 2. The highest BCUT2D eigenvalue weighted by molar-refractivity contribution is 5.69. The standard InChI is InChI=1S/C8H13NO2/c1-7(2)3-4-9-5-6-11-8(9)10/h1,3-6H2,2H3. The Morgan fingerprint density at radius 3 is 3.00 bits per heavy atom. The predicted octanol–water partition coefficient (Wildman–Crippen LogP) is 1.40. The fourth-order valence-electron chi connectivity index (χ4n) is 0.955. The molecule has 0 radical (unpaired) electrons. The van der Waals surface area contributed by atoms with Gasteiger partial charge in [-0.15, -0.1) is 6.58 Å². The number of nitrogens with zero attached hydrogens (tertiary/aromatic N) is 1. The van der Waals surface area contributed by atoms with Crippen LogP contribution in [0, 0.1) is 0 Å². The molecule has 0 unspecified atom stereocenters. The molecule has 0 bridgehead atoms. The zero-order valence-corrected chi connectivity index (χ0v) is 6.80. The topological polar surface area (TPSA) is 29.5 Å². The molecule has 11 heavy (non-hydrogen) atoms. The van der Waals surface area contributed by atoms with Gasteiger partial charge < -0.3 is 9.64 Å². The normalized spacial score (nSPS) is 16.8. The first-order valence-electron chi connectivity index (χ1n) is 3.76. The molecule has 0 aliphatic carbocycles. The van der Waals surface area contributed by atoms with Gasteiger partial charge in [-0.25, -0.2) is 4.79 Å². The van der Waals surface area contributed by atoms with Crippen LogP contribution < -0.4 is 0 Å². The molecule has 0 N–H and O–H groups in total. The summed E-state index contributed by atoms with van der Waals surface area (Å²) in [6, 6.07) is 0. The molecule has 0 aromatic rings. The minimum Gasteiger partial charge on any atom is -0.448 e. The minimum absolute atomic E-state index is 0.189. The van der Waals surface area contributed by atoms with Crippen LogP contribution in [0.15, 0.2) is 12.2 Å². The lowest BCUT2D eigenvalue weighted by Gasteiger charge is -2.11. The molecule has 0 atom stereocenters. The van der Waals surface area contributed by atoms with Crippen molar-refractivity contribution < 1.29 is 9.53 Å². The van der Waals surface area contributed by atoms with Gasteiger partial charge in [-0.3, -0.25) is 0 Å². The Morgan fingerprint density at radius 2 is 2.55 bits per heavy atom. The molecule has 62 valence electrons. The second-order valence-corrected chi connectivity index (χ2v) is 2.81. The molecule has 1 amide bonds. The summed E-state index contributed by atoms with van der Waals surface area (Å²) in [4.78, 5) is 12.6. The third kappa shape index (κ3) is 2.26. The molecule has 0 spiro atoms. The van der Waals surface area contributed by atoms with Crippen molar-refractivity contribution >= 4 is 6.09 Å². The molecule has 0 aromatic carbocycles. The monoisotopic (exact) mass is 155 g/mol. The SMILES string of the molecule is C=C(C)CCN1CCOC1=O. The van der Waals surface area contributed by atoms with E-state index in [1.54, 1.807) is 4.90 Å². The van der Waals surface area contributed by atoms with Gasteiger partial charge >= 0.3 is 6.09 Å². The van der Waals surface area contributed by atoms with E-state index in [1.807, 2.05) is 6.92 Å².